The summed E-state index contributed by atoms with van der Waals surface area (Å²) in [5.74, 6) is 0. The molecule has 1 atom stereocenters. The fourth-order valence-corrected chi connectivity index (χ4v) is 2.90. The average molecular weight is 363 g/mol. The molecular formula is C16H25BrClNO. The van der Waals surface area contributed by atoms with Gasteiger partial charge in [0.2, 0.25) is 0 Å². The molecule has 2 nitrogen and oxygen atoms in total. The van der Waals surface area contributed by atoms with E-state index in [9.17, 15) is 0 Å². The Labute approximate surface area is 136 Å². The maximum Gasteiger partial charge on any atom is 0.0466 e. The van der Waals surface area contributed by atoms with Crippen molar-refractivity contribution in [1.82, 2.24) is 5.32 Å². The fraction of sp³-hybridized carbons (Fsp3) is 0.625. The van der Waals surface area contributed by atoms with Crippen LogP contribution in [0.5, 0.6) is 0 Å². The van der Waals surface area contributed by atoms with Crippen LogP contribution in [0.3, 0.4) is 0 Å². The van der Waals surface area contributed by atoms with Crippen LogP contribution in [-0.4, -0.2) is 25.8 Å². The van der Waals surface area contributed by atoms with E-state index in [1.165, 1.54) is 5.56 Å². The Balaban J connectivity index is 2.53. The van der Waals surface area contributed by atoms with Gasteiger partial charge in [-0.25, -0.2) is 0 Å². The van der Waals surface area contributed by atoms with E-state index in [4.69, 9.17) is 16.3 Å². The minimum absolute atomic E-state index is 0.467. The second-order valence-corrected chi connectivity index (χ2v) is 6.25. The summed E-state index contributed by atoms with van der Waals surface area (Å²) in [6.45, 7) is 6.92. The second kappa shape index (κ2) is 10.6. The molecule has 0 fully saturated rings. The summed E-state index contributed by atoms with van der Waals surface area (Å²) in [6, 6.07) is 6.59. The predicted octanol–water partition coefficient (Wildman–Crippen LogP) is 4.83. The van der Waals surface area contributed by atoms with E-state index in [1.54, 1.807) is 0 Å². The molecule has 0 bridgehead atoms. The largest absolute Gasteiger partial charge is 0.382 e. The Morgan fingerprint density at radius 3 is 2.80 bits per heavy atom. The van der Waals surface area contributed by atoms with Crippen LogP contribution < -0.4 is 5.32 Å². The summed E-state index contributed by atoms with van der Waals surface area (Å²) in [5, 5.41) is 4.45. The number of benzene rings is 1. The van der Waals surface area contributed by atoms with Crippen LogP contribution in [-0.2, 0) is 11.2 Å². The number of ether oxygens (including phenoxy) is 1. The summed E-state index contributed by atoms with van der Waals surface area (Å²) >= 11 is 9.76. The van der Waals surface area contributed by atoms with Crippen LogP contribution in [0.15, 0.2) is 22.7 Å². The molecule has 0 amide bonds. The zero-order valence-corrected chi connectivity index (χ0v) is 14.8. The van der Waals surface area contributed by atoms with Gasteiger partial charge in [0.25, 0.3) is 0 Å². The number of hydrogen-bond donors (Lipinski definition) is 1. The molecule has 0 saturated heterocycles. The van der Waals surface area contributed by atoms with Gasteiger partial charge >= 0.3 is 0 Å². The van der Waals surface area contributed by atoms with Gasteiger partial charge in [-0.15, -0.1) is 0 Å². The summed E-state index contributed by atoms with van der Waals surface area (Å²) in [4.78, 5) is 0. The van der Waals surface area contributed by atoms with E-state index in [-0.39, 0.29) is 0 Å². The monoisotopic (exact) mass is 361 g/mol. The van der Waals surface area contributed by atoms with Crippen LogP contribution in [0.1, 0.15) is 38.7 Å². The van der Waals surface area contributed by atoms with Crippen LogP contribution in [0.2, 0.25) is 5.02 Å². The highest BCUT2D eigenvalue weighted by Gasteiger charge is 2.11. The molecule has 114 valence electrons. The second-order valence-electron chi connectivity index (χ2n) is 4.93. The van der Waals surface area contributed by atoms with Gasteiger partial charge in [-0.05, 0) is 56.8 Å². The first-order valence-electron chi connectivity index (χ1n) is 7.42. The standard InChI is InChI=1S/C16H25BrClNO/c1-3-9-19-15(6-5-10-20-4-2)11-13-7-8-14(17)12-16(13)18/h7-8,12,15,19H,3-6,9-11H2,1-2H3. The average Bonchev–Trinajstić information content (AvgIpc) is 2.43. The van der Waals surface area contributed by atoms with Crippen LogP contribution in [0.4, 0.5) is 0 Å². The van der Waals surface area contributed by atoms with E-state index in [0.717, 1.165) is 54.9 Å². The van der Waals surface area contributed by atoms with E-state index in [1.807, 2.05) is 13.0 Å². The minimum Gasteiger partial charge on any atom is -0.382 e. The smallest absolute Gasteiger partial charge is 0.0466 e. The van der Waals surface area contributed by atoms with Gasteiger partial charge < -0.3 is 10.1 Å². The van der Waals surface area contributed by atoms with E-state index < -0.39 is 0 Å². The van der Waals surface area contributed by atoms with Gasteiger partial charge in [-0.2, -0.15) is 0 Å². The third kappa shape index (κ3) is 7.07. The van der Waals surface area contributed by atoms with Gasteiger partial charge in [0.05, 0.1) is 0 Å². The van der Waals surface area contributed by atoms with Crippen molar-refractivity contribution >= 4 is 27.5 Å². The normalized spacial score (nSPS) is 12.6. The summed E-state index contributed by atoms with van der Waals surface area (Å²) in [6.07, 6.45) is 4.32. The molecule has 1 N–H and O–H groups in total. The predicted molar refractivity (Wildman–Crippen MR) is 90.7 cm³/mol. The first-order valence-corrected chi connectivity index (χ1v) is 8.59. The molecule has 1 aromatic rings. The number of halogens is 2. The molecule has 1 rings (SSSR count). The van der Waals surface area contributed by atoms with E-state index in [0.29, 0.717) is 6.04 Å². The molecular weight excluding hydrogens is 338 g/mol. The van der Waals surface area contributed by atoms with Crippen molar-refractivity contribution in [3.05, 3.63) is 33.3 Å². The van der Waals surface area contributed by atoms with Crippen LogP contribution in [0.25, 0.3) is 0 Å². The van der Waals surface area contributed by atoms with Gasteiger partial charge in [0.1, 0.15) is 0 Å². The zero-order valence-electron chi connectivity index (χ0n) is 12.4. The number of hydrogen-bond acceptors (Lipinski definition) is 2. The molecule has 1 aromatic carbocycles. The maximum absolute atomic E-state index is 6.31. The summed E-state index contributed by atoms with van der Waals surface area (Å²) in [7, 11) is 0. The first kappa shape index (κ1) is 18.0. The van der Waals surface area contributed by atoms with Crippen molar-refractivity contribution in [2.45, 2.75) is 45.6 Å². The van der Waals surface area contributed by atoms with Crippen molar-refractivity contribution in [1.29, 1.82) is 0 Å². The first-order chi connectivity index (χ1) is 9.67. The van der Waals surface area contributed by atoms with Gasteiger partial charge in [-0.1, -0.05) is 40.5 Å². The molecule has 0 aliphatic heterocycles. The topological polar surface area (TPSA) is 21.3 Å². The molecule has 4 heteroatoms. The van der Waals surface area contributed by atoms with Gasteiger partial charge in [-0.3, -0.25) is 0 Å². The lowest BCUT2D eigenvalue weighted by atomic mass is 10.0. The third-order valence-electron chi connectivity index (χ3n) is 3.21. The SMILES string of the molecule is CCCNC(CCCOCC)Cc1ccc(Br)cc1Cl. The van der Waals surface area contributed by atoms with E-state index in [2.05, 4.69) is 40.3 Å². The molecule has 20 heavy (non-hydrogen) atoms. The molecule has 0 radical (unpaired) electrons. The lowest BCUT2D eigenvalue weighted by molar-refractivity contribution is 0.140. The summed E-state index contributed by atoms with van der Waals surface area (Å²) < 4.78 is 6.45. The molecule has 0 heterocycles. The maximum atomic E-state index is 6.31. The summed E-state index contributed by atoms with van der Waals surface area (Å²) in [5.41, 5.74) is 1.21. The van der Waals surface area contributed by atoms with Crippen LogP contribution in [0, 0.1) is 0 Å². The molecule has 0 aromatic heterocycles. The Hall–Kier alpha value is -0.0900. The Bertz CT molecular complexity index is 387. The third-order valence-corrected chi connectivity index (χ3v) is 4.05. The molecule has 0 saturated carbocycles. The lowest BCUT2D eigenvalue weighted by Gasteiger charge is -2.19. The van der Waals surface area contributed by atoms with Crippen molar-refractivity contribution in [3.63, 3.8) is 0 Å². The highest BCUT2D eigenvalue weighted by Crippen LogP contribution is 2.23. The highest BCUT2D eigenvalue weighted by atomic mass is 79.9. The molecule has 0 aliphatic rings. The Morgan fingerprint density at radius 2 is 2.15 bits per heavy atom. The van der Waals surface area contributed by atoms with E-state index >= 15 is 0 Å². The zero-order chi connectivity index (χ0) is 14.8. The highest BCUT2D eigenvalue weighted by molar-refractivity contribution is 9.10. The Kier molecular flexibility index (Phi) is 9.53. The van der Waals surface area contributed by atoms with Crippen molar-refractivity contribution in [3.8, 4) is 0 Å². The van der Waals surface area contributed by atoms with Crippen LogP contribution >= 0.6 is 27.5 Å². The molecule has 0 aliphatic carbocycles. The number of rotatable bonds is 10. The lowest BCUT2D eigenvalue weighted by Crippen LogP contribution is -2.32. The quantitative estimate of drug-likeness (QED) is 0.602. The molecule has 1 unspecified atom stereocenters. The van der Waals surface area contributed by atoms with Gasteiger partial charge in [0, 0.05) is 28.8 Å². The Morgan fingerprint density at radius 1 is 1.35 bits per heavy atom. The number of nitrogens with one attached hydrogen (secondary N) is 1. The minimum atomic E-state index is 0.467. The molecule has 0 spiro atoms. The van der Waals surface area contributed by atoms with Gasteiger partial charge in [0.15, 0.2) is 0 Å². The fourth-order valence-electron chi connectivity index (χ4n) is 2.15. The van der Waals surface area contributed by atoms with Crippen molar-refractivity contribution in [2.75, 3.05) is 19.8 Å². The van der Waals surface area contributed by atoms with Crippen molar-refractivity contribution < 1.29 is 4.74 Å². The van der Waals surface area contributed by atoms with Crippen molar-refractivity contribution in [2.24, 2.45) is 0 Å².